The highest BCUT2D eigenvalue weighted by Crippen LogP contribution is 2.23. The minimum atomic E-state index is -0.103. The Kier molecular flexibility index (Phi) is 5.69. The maximum atomic E-state index is 10.9. The van der Waals surface area contributed by atoms with Gasteiger partial charge in [0.05, 0.1) is 7.11 Å². The van der Waals surface area contributed by atoms with Crippen LogP contribution in [-0.2, 0) is 9.53 Å². The van der Waals surface area contributed by atoms with Crippen molar-refractivity contribution in [2.24, 2.45) is 5.92 Å². The van der Waals surface area contributed by atoms with Crippen molar-refractivity contribution in [2.75, 3.05) is 13.7 Å². The Hall–Kier alpha value is -0.570. The Morgan fingerprint density at radius 3 is 2.80 bits per heavy atom. The molecule has 0 aromatic carbocycles. The highest BCUT2D eigenvalue weighted by atomic mass is 16.5. The van der Waals surface area contributed by atoms with E-state index in [2.05, 4.69) is 17.0 Å². The molecule has 0 aromatic rings. The van der Waals surface area contributed by atoms with Crippen molar-refractivity contribution in [2.45, 2.75) is 51.5 Å². The second-order valence-corrected chi connectivity index (χ2v) is 4.50. The van der Waals surface area contributed by atoms with Crippen molar-refractivity contribution in [1.82, 2.24) is 5.32 Å². The summed E-state index contributed by atoms with van der Waals surface area (Å²) in [6, 6.07) is 0.663. The molecule has 1 N–H and O–H groups in total. The van der Waals surface area contributed by atoms with Gasteiger partial charge in [-0.2, -0.15) is 0 Å². The number of ether oxygens (including phenoxy) is 1. The van der Waals surface area contributed by atoms with Gasteiger partial charge in [0.15, 0.2) is 0 Å². The molecule has 3 heteroatoms. The first kappa shape index (κ1) is 12.5. The Bertz CT molecular complexity index is 194. The van der Waals surface area contributed by atoms with Crippen molar-refractivity contribution < 1.29 is 9.53 Å². The summed E-state index contributed by atoms with van der Waals surface area (Å²) in [6.45, 7) is 3.25. The van der Waals surface area contributed by atoms with Crippen molar-refractivity contribution in [1.29, 1.82) is 0 Å². The van der Waals surface area contributed by atoms with Crippen molar-refractivity contribution in [3.8, 4) is 0 Å². The molecule has 1 aliphatic rings. The van der Waals surface area contributed by atoms with E-state index in [9.17, 15) is 4.79 Å². The fourth-order valence-corrected chi connectivity index (χ4v) is 2.24. The van der Waals surface area contributed by atoms with E-state index in [1.807, 2.05) is 0 Å². The average molecular weight is 213 g/mol. The van der Waals surface area contributed by atoms with Gasteiger partial charge in [-0.25, -0.2) is 0 Å². The van der Waals surface area contributed by atoms with Gasteiger partial charge in [-0.05, 0) is 31.7 Å². The first-order chi connectivity index (χ1) is 7.24. The first-order valence-corrected chi connectivity index (χ1v) is 6.04. The number of nitrogens with one attached hydrogen (secondary N) is 1. The molecule has 0 radical (unpaired) electrons. The van der Waals surface area contributed by atoms with Gasteiger partial charge < -0.3 is 10.1 Å². The highest BCUT2D eigenvalue weighted by molar-refractivity contribution is 5.69. The normalized spacial score (nSPS) is 26.3. The monoisotopic (exact) mass is 213 g/mol. The van der Waals surface area contributed by atoms with E-state index < -0.39 is 0 Å². The molecule has 0 aliphatic heterocycles. The average Bonchev–Trinajstić information content (AvgIpc) is 2.26. The molecule has 3 nitrogen and oxygen atoms in total. The number of esters is 1. The summed E-state index contributed by atoms with van der Waals surface area (Å²) >= 11 is 0. The van der Waals surface area contributed by atoms with E-state index >= 15 is 0 Å². The second-order valence-electron chi connectivity index (χ2n) is 4.50. The second kappa shape index (κ2) is 6.83. The lowest BCUT2D eigenvalue weighted by molar-refractivity contribution is -0.140. The number of rotatable bonds is 5. The Balaban J connectivity index is 2.06. The van der Waals surface area contributed by atoms with Crippen LogP contribution in [0.4, 0.5) is 0 Å². The standard InChI is InChI=1S/C12H23NO2/c1-10-6-3-4-7-11(10)13-9-5-8-12(14)15-2/h10-11,13H,3-9H2,1-2H3/t10-,11-/m1/s1. The van der Waals surface area contributed by atoms with Gasteiger partial charge in [-0.3, -0.25) is 4.79 Å². The quantitative estimate of drug-likeness (QED) is 0.561. The zero-order chi connectivity index (χ0) is 11.1. The first-order valence-electron chi connectivity index (χ1n) is 6.04. The van der Waals surface area contributed by atoms with Crippen LogP contribution in [0.15, 0.2) is 0 Å². The largest absolute Gasteiger partial charge is 0.469 e. The van der Waals surface area contributed by atoms with Crippen LogP contribution in [-0.4, -0.2) is 25.7 Å². The van der Waals surface area contributed by atoms with Crippen LogP contribution in [0.25, 0.3) is 0 Å². The third-order valence-electron chi connectivity index (χ3n) is 3.30. The Morgan fingerprint density at radius 2 is 2.13 bits per heavy atom. The molecule has 0 amide bonds. The van der Waals surface area contributed by atoms with E-state index in [1.54, 1.807) is 0 Å². The number of hydrogen-bond donors (Lipinski definition) is 1. The summed E-state index contributed by atoms with van der Waals surface area (Å²) in [5.74, 6) is 0.686. The fourth-order valence-electron chi connectivity index (χ4n) is 2.24. The summed E-state index contributed by atoms with van der Waals surface area (Å²) < 4.78 is 4.60. The summed E-state index contributed by atoms with van der Waals surface area (Å²) in [5.41, 5.74) is 0. The van der Waals surface area contributed by atoms with Crippen LogP contribution in [0.2, 0.25) is 0 Å². The van der Waals surface area contributed by atoms with Gasteiger partial charge in [-0.1, -0.05) is 19.8 Å². The third kappa shape index (κ3) is 4.65. The summed E-state index contributed by atoms with van der Waals surface area (Å²) in [4.78, 5) is 10.9. The van der Waals surface area contributed by atoms with Gasteiger partial charge in [0.2, 0.25) is 0 Å². The maximum absolute atomic E-state index is 10.9. The van der Waals surface area contributed by atoms with Crippen LogP contribution < -0.4 is 5.32 Å². The number of hydrogen-bond acceptors (Lipinski definition) is 3. The van der Waals surface area contributed by atoms with Crippen LogP contribution in [0, 0.1) is 5.92 Å². The molecule has 0 unspecified atom stereocenters. The van der Waals surface area contributed by atoms with Gasteiger partial charge in [0, 0.05) is 12.5 Å². The molecule has 2 atom stereocenters. The van der Waals surface area contributed by atoms with Gasteiger partial charge in [0.1, 0.15) is 0 Å². The van der Waals surface area contributed by atoms with Crippen LogP contribution in [0.3, 0.4) is 0 Å². The third-order valence-corrected chi connectivity index (χ3v) is 3.30. The van der Waals surface area contributed by atoms with Crippen molar-refractivity contribution in [3.05, 3.63) is 0 Å². The summed E-state index contributed by atoms with van der Waals surface area (Å²) in [6.07, 6.45) is 6.77. The van der Waals surface area contributed by atoms with E-state index in [0.29, 0.717) is 12.5 Å². The van der Waals surface area contributed by atoms with E-state index in [0.717, 1.165) is 18.9 Å². The lowest BCUT2D eigenvalue weighted by atomic mass is 9.86. The molecule has 0 bridgehead atoms. The van der Waals surface area contributed by atoms with Crippen LogP contribution in [0.1, 0.15) is 45.4 Å². The summed E-state index contributed by atoms with van der Waals surface area (Å²) in [5, 5.41) is 3.54. The molecular formula is C12H23NO2. The molecule has 88 valence electrons. The van der Waals surface area contributed by atoms with Crippen LogP contribution >= 0.6 is 0 Å². The molecule has 0 spiro atoms. The lowest BCUT2D eigenvalue weighted by Gasteiger charge is -2.29. The zero-order valence-corrected chi connectivity index (χ0v) is 9.92. The van der Waals surface area contributed by atoms with Crippen molar-refractivity contribution in [3.63, 3.8) is 0 Å². The minimum absolute atomic E-state index is 0.103. The highest BCUT2D eigenvalue weighted by Gasteiger charge is 2.20. The van der Waals surface area contributed by atoms with Gasteiger partial charge in [-0.15, -0.1) is 0 Å². The summed E-state index contributed by atoms with van der Waals surface area (Å²) in [7, 11) is 1.44. The zero-order valence-electron chi connectivity index (χ0n) is 9.92. The molecule has 0 heterocycles. The molecule has 0 aromatic heterocycles. The predicted octanol–water partition coefficient (Wildman–Crippen LogP) is 2.11. The van der Waals surface area contributed by atoms with Crippen molar-refractivity contribution >= 4 is 5.97 Å². The number of methoxy groups -OCH3 is 1. The molecule has 1 rings (SSSR count). The molecule has 0 saturated heterocycles. The smallest absolute Gasteiger partial charge is 0.305 e. The SMILES string of the molecule is COC(=O)CCCN[C@@H]1CCCC[C@H]1C. The van der Waals surface area contributed by atoms with E-state index in [-0.39, 0.29) is 5.97 Å². The number of carbonyl (C=O) groups excluding carboxylic acids is 1. The molecule has 1 aliphatic carbocycles. The molecule has 1 fully saturated rings. The van der Waals surface area contributed by atoms with E-state index in [4.69, 9.17) is 0 Å². The van der Waals surface area contributed by atoms with E-state index in [1.165, 1.54) is 32.8 Å². The van der Waals surface area contributed by atoms with Gasteiger partial charge in [0.25, 0.3) is 0 Å². The minimum Gasteiger partial charge on any atom is -0.469 e. The molecule has 15 heavy (non-hydrogen) atoms. The molecule has 1 saturated carbocycles. The Labute approximate surface area is 92.6 Å². The maximum Gasteiger partial charge on any atom is 0.305 e. The van der Waals surface area contributed by atoms with Gasteiger partial charge >= 0.3 is 5.97 Å². The number of carbonyl (C=O) groups is 1. The van der Waals surface area contributed by atoms with Crippen LogP contribution in [0.5, 0.6) is 0 Å². The molecular weight excluding hydrogens is 190 g/mol. The predicted molar refractivity (Wildman–Crippen MR) is 60.7 cm³/mol. The fraction of sp³-hybridized carbons (Fsp3) is 0.917. The topological polar surface area (TPSA) is 38.3 Å². The lowest BCUT2D eigenvalue weighted by Crippen LogP contribution is -2.37. The Morgan fingerprint density at radius 1 is 1.40 bits per heavy atom.